The summed E-state index contributed by atoms with van der Waals surface area (Å²) in [5.74, 6) is -1.92. The normalized spacial score (nSPS) is 10.6. The number of carbonyl (C=O) groups excluding carboxylic acids is 1. The van der Waals surface area contributed by atoms with Crippen LogP contribution in [0, 0.1) is 5.82 Å². The lowest BCUT2D eigenvalue weighted by molar-refractivity contribution is -0.136. The van der Waals surface area contributed by atoms with Gasteiger partial charge in [0.05, 0.1) is 6.42 Å². The molecule has 3 aromatic rings. The zero-order valence-electron chi connectivity index (χ0n) is 15.8. The van der Waals surface area contributed by atoms with E-state index in [2.05, 4.69) is 5.32 Å². The first-order valence-electron chi connectivity index (χ1n) is 8.82. The van der Waals surface area contributed by atoms with Crippen LogP contribution in [0.3, 0.4) is 0 Å². The molecule has 0 unspecified atom stereocenters. The fourth-order valence-electron chi connectivity index (χ4n) is 2.73. The first-order valence-corrected chi connectivity index (χ1v) is 9.63. The predicted octanol–water partition coefficient (Wildman–Crippen LogP) is 3.28. The molecule has 2 amide bonds. The number of nitrogens with one attached hydrogen (secondary N) is 1. The van der Waals surface area contributed by atoms with Crippen LogP contribution in [0.25, 0.3) is 10.4 Å². The molecule has 1 aromatic carbocycles. The summed E-state index contributed by atoms with van der Waals surface area (Å²) in [5, 5.41) is 21.8. The Morgan fingerprint density at radius 2 is 2.00 bits per heavy atom. The average molecular weight is 431 g/mol. The topological polar surface area (TPSA) is 112 Å². The van der Waals surface area contributed by atoms with Gasteiger partial charge in [-0.25, -0.2) is 14.1 Å². The Kier molecular flexibility index (Phi) is 6.17. The summed E-state index contributed by atoms with van der Waals surface area (Å²) in [4.78, 5) is 37.9. The van der Waals surface area contributed by atoms with Crippen molar-refractivity contribution in [2.75, 3.05) is 11.4 Å². The summed E-state index contributed by atoms with van der Waals surface area (Å²) in [6, 6.07) is 9.63. The van der Waals surface area contributed by atoms with E-state index >= 15 is 0 Å². The highest BCUT2D eigenvalue weighted by Crippen LogP contribution is 2.38. The molecule has 156 valence electrons. The van der Waals surface area contributed by atoms with Crippen molar-refractivity contribution in [3.05, 3.63) is 64.8 Å². The Morgan fingerprint density at radius 3 is 2.70 bits per heavy atom. The molecule has 0 aliphatic rings. The number of carboxylic acids is 1. The lowest BCUT2D eigenvalue weighted by Crippen LogP contribution is -2.40. The number of carboxylic acid groups (broad SMARTS) is 1. The number of aromatic hydroxyl groups is 1. The SMILES string of the molecule is Cn1ccc(O)c(N(C(=O)NCCC(=O)O)c2ccc(-c3cccc(F)c3)s2)c1=O. The van der Waals surface area contributed by atoms with Crippen molar-refractivity contribution < 1.29 is 24.2 Å². The number of aliphatic carboxylic acids is 1. The summed E-state index contributed by atoms with van der Waals surface area (Å²) in [6.07, 6.45) is 1.05. The first-order chi connectivity index (χ1) is 14.3. The molecular weight excluding hydrogens is 413 g/mol. The van der Waals surface area contributed by atoms with E-state index in [0.717, 1.165) is 16.2 Å². The van der Waals surface area contributed by atoms with Crippen LogP contribution in [0.1, 0.15) is 6.42 Å². The van der Waals surface area contributed by atoms with Crippen LogP contribution in [0.4, 0.5) is 19.9 Å². The van der Waals surface area contributed by atoms with Crippen molar-refractivity contribution in [3.8, 4) is 16.2 Å². The Balaban J connectivity index is 2.05. The van der Waals surface area contributed by atoms with Crippen molar-refractivity contribution in [2.45, 2.75) is 6.42 Å². The molecule has 0 fully saturated rings. The average Bonchev–Trinajstić information content (AvgIpc) is 3.17. The molecule has 8 nitrogen and oxygen atoms in total. The number of carbonyl (C=O) groups is 2. The molecular formula is C20H18FN3O5S. The van der Waals surface area contributed by atoms with Crippen molar-refractivity contribution in [1.29, 1.82) is 0 Å². The van der Waals surface area contributed by atoms with Crippen LogP contribution in [0.5, 0.6) is 5.75 Å². The maximum absolute atomic E-state index is 13.6. The molecule has 3 rings (SSSR count). The van der Waals surface area contributed by atoms with Crippen LogP contribution in [0.15, 0.2) is 53.5 Å². The second kappa shape index (κ2) is 8.78. The molecule has 0 spiro atoms. The number of pyridine rings is 1. The molecule has 30 heavy (non-hydrogen) atoms. The largest absolute Gasteiger partial charge is 0.505 e. The molecule has 2 heterocycles. The number of hydrogen-bond donors (Lipinski definition) is 3. The second-order valence-corrected chi connectivity index (χ2v) is 7.39. The summed E-state index contributed by atoms with van der Waals surface area (Å²) in [7, 11) is 1.47. The van der Waals surface area contributed by atoms with Gasteiger partial charge in [-0.15, -0.1) is 11.3 Å². The number of hydrogen-bond acceptors (Lipinski definition) is 5. The Labute approximate surface area is 174 Å². The van der Waals surface area contributed by atoms with Crippen LogP contribution < -0.4 is 15.8 Å². The zero-order valence-corrected chi connectivity index (χ0v) is 16.6. The molecule has 0 atom stereocenters. The fourth-order valence-corrected chi connectivity index (χ4v) is 3.74. The number of aryl methyl sites for hydroxylation is 1. The highest BCUT2D eigenvalue weighted by atomic mass is 32.1. The Morgan fingerprint density at radius 1 is 1.23 bits per heavy atom. The van der Waals surface area contributed by atoms with E-state index in [0.29, 0.717) is 15.4 Å². The zero-order chi connectivity index (χ0) is 21.8. The Hall–Kier alpha value is -3.66. The van der Waals surface area contributed by atoms with Gasteiger partial charge in [-0.2, -0.15) is 0 Å². The van der Waals surface area contributed by atoms with Gasteiger partial charge in [0.2, 0.25) is 0 Å². The van der Waals surface area contributed by atoms with Gasteiger partial charge >= 0.3 is 12.0 Å². The molecule has 0 saturated carbocycles. The van der Waals surface area contributed by atoms with Gasteiger partial charge in [0.25, 0.3) is 5.56 Å². The molecule has 3 N–H and O–H groups in total. The smallest absolute Gasteiger partial charge is 0.327 e. The maximum Gasteiger partial charge on any atom is 0.327 e. The number of thiophene rings is 1. The lowest BCUT2D eigenvalue weighted by atomic mass is 10.2. The molecule has 0 aliphatic heterocycles. The van der Waals surface area contributed by atoms with Gasteiger partial charge in [0.1, 0.15) is 16.6 Å². The van der Waals surface area contributed by atoms with Gasteiger partial charge in [0, 0.05) is 24.7 Å². The predicted molar refractivity (Wildman–Crippen MR) is 111 cm³/mol. The molecule has 0 bridgehead atoms. The monoisotopic (exact) mass is 431 g/mol. The van der Waals surface area contributed by atoms with E-state index in [9.17, 15) is 23.9 Å². The van der Waals surface area contributed by atoms with Crippen molar-refractivity contribution in [1.82, 2.24) is 9.88 Å². The van der Waals surface area contributed by atoms with Gasteiger partial charge in [-0.05, 0) is 35.9 Å². The number of anilines is 2. The van der Waals surface area contributed by atoms with E-state index in [4.69, 9.17) is 5.11 Å². The van der Waals surface area contributed by atoms with Crippen molar-refractivity contribution in [3.63, 3.8) is 0 Å². The maximum atomic E-state index is 13.6. The standard InChI is InChI=1S/C20H18FN3O5S/c1-23-10-8-14(25)18(19(23)28)24(20(29)22-9-7-17(26)27)16-6-5-15(30-16)12-3-2-4-13(21)11-12/h2-6,8,10-11,25H,7,9H2,1H3,(H,22,29)(H,26,27). The molecule has 0 radical (unpaired) electrons. The van der Waals surface area contributed by atoms with Gasteiger partial charge in [0.15, 0.2) is 5.69 Å². The third-order valence-corrected chi connectivity index (χ3v) is 5.30. The quantitative estimate of drug-likeness (QED) is 0.555. The Bertz CT molecular complexity index is 1160. The first kappa shape index (κ1) is 21.1. The van der Waals surface area contributed by atoms with Crippen LogP contribution in [-0.2, 0) is 11.8 Å². The molecule has 10 heteroatoms. The number of amides is 2. The van der Waals surface area contributed by atoms with Crippen LogP contribution >= 0.6 is 11.3 Å². The summed E-state index contributed by atoms with van der Waals surface area (Å²) < 4.78 is 14.8. The lowest BCUT2D eigenvalue weighted by Gasteiger charge is -2.22. The van der Waals surface area contributed by atoms with E-state index in [1.165, 1.54) is 36.0 Å². The highest BCUT2D eigenvalue weighted by molar-refractivity contribution is 7.19. The number of urea groups is 1. The minimum atomic E-state index is -1.09. The van der Waals surface area contributed by atoms with E-state index in [1.54, 1.807) is 24.3 Å². The van der Waals surface area contributed by atoms with Crippen LogP contribution in [-0.4, -0.2) is 33.3 Å². The molecule has 0 aliphatic carbocycles. The van der Waals surface area contributed by atoms with E-state index in [-0.39, 0.29) is 18.7 Å². The molecule has 2 aromatic heterocycles. The third kappa shape index (κ3) is 4.49. The number of aromatic nitrogens is 1. The van der Waals surface area contributed by atoms with Gasteiger partial charge < -0.3 is 20.1 Å². The minimum absolute atomic E-state index is 0.166. The van der Waals surface area contributed by atoms with Crippen molar-refractivity contribution >= 4 is 34.0 Å². The highest BCUT2D eigenvalue weighted by Gasteiger charge is 2.26. The number of benzene rings is 1. The number of halogens is 1. The van der Waals surface area contributed by atoms with Crippen LogP contribution in [0.2, 0.25) is 0 Å². The van der Waals surface area contributed by atoms with Gasteiger partial charge in [-0.3, -0.25) is 9.59 Å². The summed E-state index contributed by atoms with van der Waals surface area (Å²) in [5.41, 5.74) is -0.313. The van der Waals surface area contributed by atoms with E-state index < -0.39 is 29.1 Å². The summed E-state index contributed by atoms with van der Waals surface area (Å²) >= 11 is 1.11. The number of nitrogens with zero attached hydrogens (tertiary/aromatic N) is 2. The second-order valence-electron chi connectivity index (χ2n) is 6.32. The van der Waals surface area contributed by atoms with Gasteiger partial charge in [-0.1, -0.05) is 12.1 Å². The fraction of sp³-hybridized carbons (Fsp3) is 0.150. The van der Waals surface area contributed by atoms with E-state index in [1.807, 2.05) is 0 Å². The third-order valence-electron chi connectivity index (χ3n) is 4.18. The minimum Gasteiger partial charge on any atom is -0.505 e. The van der Waals surface area contributed by atoms with Crippen molar-refractivity contribution in [2.24, 2.45) is 7.05 Å². The number of rotatable bonds is 6. The molecule has 0 saturated heterocycles. The summed E-state index contributed by atoms with van der Waals surface area (Å²) in [6.45, 7) is -0.166.